The van der Waals surface area contributed by atoms with Gasteiger partial charge < -0.3 is 10.0 Å². The standard InChI is InChI=1S/C14H29NO/c1-5-8-12(2)11-13(16)14(15(3)4)9-6-7-10-14/h12-13,16H,5-11H2,1-4H3. The number of nitrogens with zero attached hydrogens (tertiary/aromatic N) is 1. The van der Waals surface area contributed by atoms with Crippen molar-refractivity contribution >= 4 is 0 Å². The summed E-state index contributed by atoms with van der Waals surface area (Å²) >= 11 is 0. The SMILES string of the molecule is CCCC(C)CC(O)C1(N(C)C)CCCC1. The average molecular weight is 227 g/mol. The third kappa shape index (κ3) is 2.98. The van der Waals surface area contributed by atoms with Crippen LogP contribution < -0.4 is 0 Å². The first-order valence-electron chi connectivity index (χ1n) is 6.88. The maximum absolute atomic E-state index is 10.5. The van der Waals surface area contributed by atoms with Crippen molar-refractivity contribution in [1.82, 2.24) is 4.90 Å². The highest BCUT2D eigenvalue weighted by Crippen LogP contribution is 2.38. The molecule has 0 aromatic carbocycles. The third-order valence-electron chi connectivity index (χ3n) is 4.39. The van der Waals surface area contributed by atoms with Crippen LogP contribution in [0.15, 0.2) is 0 Å². The zero-order chi connectivity index (χ0) is 12.2. The first-order chi connectivity index (χ1) is 7.53. The number of likely N-dealkylation sites (N-methyl/N-ethyl adjacent to an activating group) is 1. The Bertz CT molecular complexity index is 197. The van der Waals surface area contributed by atoms with Crippen molar-refractivity contribution in [2.24, 2.45) is 5.92 Å². The van der Waals surface area contributed by atoms with Crippen LogP contribution in [-0.2, 0) is 0 Å². The Labute approximate surface area is 101 Å². The molecule has 0 aromatic rings. The fraction of sp³-hybridized carbons (Fsp3) is 1.00. The maximum atomic E-state index is 10.5. The largest absolute Gasteiger partial charge is 0.391 e. The van der Waals surface area contributed by atoms with Crippen molar-refractivity contribution in [2.45, 2.75) is 70.4 Å². The average Bonchev–Trinajstić information content (AvgIpc) is 2.67. The molecule has 1 aliphatic rings. The minimum atomic E-state index is -0.147. The minimum absolute atomic E-state index is 0.0714. The molecule has 0 heterocycles. The van der Waals surface area contributed by atoms with Crippen LogP contribution in [0.3, 0.4) is 0 Å². The van der Waals surface area contributed by atoms with Gasteiger partial charge in [0.05, 0.1) is 6.10 Å². The van der Waals surface area contributed by atoms with Gasteiger partial charge >= 0.3 is 0 Å². The molecule has 0 amide bonds. The Morgan fingerprint density at radius 2 is 1.81 bits per heavy atom. The number of aliphatic hydroxyl groups excluding tert-OH is 1. The van der Waals surface area contributed by atoms with Gasteiger partial charge in [-0.1, -0.05) is 39.5 Å². The van der Waals surface area contributed by atoms with Gasteiger partial charge in [0, 0.05) is 5.54 Å². The summed E-state index contributed by atoms with van der Waals surface area (Å²) < 4.78 is 0. The zero-order valence-corrected chi connectivity index (χ0v) is 11.5. The van der Waals surface area contributed by atoms with Gasteiger partial charge in [0.25, 0.3) is 0 Å². The van der Waals surface area contributed by atoms with Gasteiger partial charge in [-0.2, -0.15) is 0 Å². The summed E-state index contributed by atoms with van der Waals surface area (Å²) in [5.41, 5.74) is 0.0714. The van der Waals surface area contributed by atoms with Crippen LogP contribution in [0.25, 0.3) is 0 Å². The number of hydrogen-bond acceptors (Lipinski definition) is 2. The molecule has 2 nitrogen and oxygen atoms in total. The van der Waals surface area contributed by atoms with E-state index >= 15 is 0 Å². The molecule has 16 heavy (non-hydrogen) atoms. The van der Waals surface area contributed by atoms with E-state index in [1.54, 1.807) is 0 Å². The second-order valence-corrected chi connectivity index (χ2v) is 5.85. The van der Waals surface area contributed by atoms with Crippen molar-refractivity contribution in [1.29, 1.82) is 0 Å². The Balaban J connectivity index is 2.58. The molecular weight excluding hydrogens is 198 g/mol. The number of rotatable bonds is 6. The molecule has 0 saturated heterocycles. The molecule has 0 aliphatic heterocycles. The van der Waals surface area contributed by atoms with E-state index in [2.05, 4.69) is 32.8 Å². The van der Waals surface area contributed by atoms with Crippen LogP contribution in [0, 0.1) is 5.92 Å². The molecule has 2 heteroatoms. The summed E-state index contributed by atoms with van der Waals surface area (Å²) in [5.74, 6) is 0.650. The molecule has 0 radical (unpaired) electrons. The van der Waals surface area contributed by atoms with E-state index < -0.39 is 0 Å². The third-order valence-corrected chi connectivity index (χ3v) is 4.39. The van der Waals surface area contributed by atoms with E-state index in [1.165, 1.54) is 38.5 Å². The van der Waals surface area contributed by atoms with Gasteiger partial charge in [0.2, 0.25) is 0 Å². The van der Waals surface area contributed by atoms with Crippen LogP contribution in [0.2, 0.25) is 0 Å². The molecule has 2 unspecified atom stereocenters. The summed E-state index contributed by atoms with van der Waals surface area (Å²) in [6, 6.07) is 0. The van der Waals surface area contributed by atoms with Crippen molar-refractivity contribution in [3.8, 4) is 0 Å². The molecule has 1 fully saturated rings. The predicted octanol–water partition coefficient (Wildman–Crippen LogP) is 3.05. The minimum Gasteiger partial charge on any atom is -0.391 e. The fourth-order valence-electron chi connectivity index (χ4n) is 3.28. The number of aliphatic hydroxyl groups is 1. The highest BCUT2D eigenvalue weighted by Gasteiger charge is 2.42. The van der Waals surface area contributed by atoms with Crippen LogP contribution in [0.5, 0.6) is 0 Å². The van der Waals surface area contributed by atoms with Crippen LogP contribution in [0.4, 0.5) is 0 Å². The lowest BCUT2D eigenvalue weighted by molar-refractivity contribution is -0.0162. The smallest absolute Gasteiger partial charge is 0.0726 e. The van der Waals surface area contributed by atoms with Crippen molar-refractivity contribution in [3.05, 3.63) is 0 Å². The summed E-state index contributed by atoms with van der Waals surface area (Å²) in [4.78, 5) is 2.27. The van der Waals surface area contributed by atoms with Crippen molar-refractivity contribution in [2.75, 3.05) is 14.1 Å². The lowest BCUT2D eigenvalue weighted by atomic mass is 9.83. The Kier molecular flexibility index (Phi) is 5.26. The van der Waals surface area contributed by atoms with Crippen LogP contribution >= 0.6 is 0 Å². The Morgan fingerprint density at radius 1 is 1.25 bits per heavy atom. The van der Waals surface area contributed by atoms with E-state index in [1.807, 2.05) is 0 Å². The summed E-state index contributed by atoms with van der Waals surface area (Å²) in [6.07, 6.45) is 8.16. The molecule has 1 rings (SSSR count). The second kappa shape index (κ2) is 6.02. The fourth-order valence-corrected chi connectivity index (χ4v) is 3.28. The molecule has 0 aromatic heterocycles. The van der Waals surface area contributed by atoms with Gasteiger partial charge in [-0.15, -0.1) is 0 Å². The summed E-state index contributed by atoms with van der Waals surface area (Å²) in [5, 5.41) is 10.5. The lowest BCUT2D eigenvalue weighted by Crippen LogP contribution is -2.52. The van der Waals surface area contributed by atoms with Gasteiger partial charge in [-0.05, 0) is 39.3 Å². The first-order valence-corrected chi connectivity index (χ1v) is 6.88. The van der Waals surface area contributed by atoms with E-state index in [9.17, 15) is 5.11 Å². The lowest BCUT2D eigenvalue weighted by Gasteiger charge is -2.41. The van der Waals surface area contributed by atoms with Gasteiger partial charge in [0.15, 0.2) is 0 Å². The van der Waals surface area contributed by atoms with Gasteiger partial charge in [-0.3, -0.25) is 0 Å². The molecule has 0 spiro atoms. The predicted molar refractivity (Wildman–Crippen MR) is 69.6 cm³/mol. The summed E-state index contributed by atoms with van der Waals surface area (Å²) in [6.45, 7) is 4.49. The van der Waals surface area contributed by atoms with E-state index in [-0.39, 0.29) is 11.6 Å². The topological polar surface area (TPSA) is 23.5 Å². The zero-order valence-electron chi connectivity index (χ0n) is 11.5. The Hall–Kier alpha value is -0.0800. The van der Waals surface area contributed by atoms with Gasteiger partial charge in [0.1, 0.15) is 0 Å². The maximum Gasteiger partial charge on any atom is 0.0726 e. The van der Waals surface area contributed by atoms with E-state index in [0.717, 1.165) is 6.42 Å². The normalized spacial score (nSPS) is 23.6. The monoisotopic (exact) mass is 227 g/mol. The van der Waals surface area contributed by atoms with Gasteiger partial charge in [-0.25, -0.2) is 0 Å². The second-order valence-electron chi connectivity index (χ2n) is 5.85. The van der Waals surface area contributed by atoms with Crippen molar-refractivity contribution < 1.29 is 5.11 Å². The highest BCUT2D eigenvalue weighted by molar-refractivity contribution is 4.98. The van der Waals surface area contributed by atoms with Crippen LogP contribution in [-0.4, -0.2) is 35.7 Å². The molecule has 96 valence electrons. The number of hydrogen-bond donors (Lipinski definition) is 1. The van der Waals surface area contributed by atoms with E-state index in [0.29, 0.717) is 5.92 Å². The highest BCUT2D eigenvalue weighted by atomic mass is 16.3. The Morgan fingerprint density at radius 3 is 2.25 bits per heavy atom. The molecule has 1 saturated carbocycles. The van der Waals surface area contributed by atoms with Crippen molar-refractivity contribution in [3.63, 3.8) is 0 Å². The molecule has 2 atom stereocenters. The molecule has 1 N–H and O–H groups in total. The summed E-state index contributed by atoms with van der Waals surface area (Å²) in [7, 11) is 4.25. The van der Waals surface area contributed by atoms with Crippen LogP contribution in [0.1, 0.15) is 58.8 Å². The first kappa shape index (κ1) is 14.0. The molecule has 1 aliphatic carbocycles. The molecular formula is C14H29NO. The quantitative estimate of drug-likeness (QED) is 0.754. The molecule has 0 bridgehead atoms. The van der Waals surface area contributed by atoms with E-state index in [4.69, 9.17) is 0 Å².